The Morgan fingerprint density at radius 2 is 1.84 bits per heavy atom. The number of carbonyl (C=O) groups is 1. The number of hydrogen-bond donors (Lipinski definition) is 0. The average Bonchev–Trinajstić information content (AvgIpc) is 3.45. The number of ether oxygens (including phenoxy) is 2. The van der Waals surface area contributed by atoms with Crippen molar-refractivity contribution in [2.75, 3.05) is 12.0 Å². The number of rotatable bonds is 8. The zero-order chi connectivity index (χ0) is 22.5. The molecule has 0 fully saturated rings. The van der Waals surface area contributed by atoms with E-state index < -0.39 is 0 Å². The van der Waals surface area contributed by atoms with Gasteiger partial charge in [0.25, 0.3) is 5.91 Å². The number of para-hydroxylation sites is 1. The second-order valence-electron chi connectivity index (χ2n) is 7.26. The number of aromatic nitrogens is 1. The molecule has 0 radical (unpaired) electrons. The lowest BCUT2D eigenvalue weighted by molar-refractivity contribution is 0.0983. The van der Waals surface area contributed by atoms with Crippen molar-refractivity contribution in [3.63, 3.8) is 0 Å². The van der Waals surface area contributed by atoms with Crippen LogP contribution in [0.4, 0.5) is 5.69 Å². The normalized spacial score (nSPS) is 10.7. The molecule has 1 amide bonds. The summed E-state index contributed by atoms with van der Waals surface area (Å²) >= 11 is 0. The molecule has 2 aromatic carbocycles. The Morgan fingerprint density at radius 1 is 1.03 bits per heavy atom. The number of aryl methyl sites for hydroxylation is 2. The van der Waals surface area contributed by atoms with Crippen LogP contribution in [-0.2, 0) is 13.2 Å². The number of carbonyl (C=O) groups excluding carboxylic acids is 1. The topological polar surface area (TPSA) is 77.9 Å². The number of methoxy groups -OCH3 is 1. The molecule has 0 saturated heterocycles. The number of amides is 1. The van der Waals surface area contributed by atoms with Gasteiger partial charge in [-0.15, -0.1) is 0 Å². The van der Waals surface area contributed by atoms with Crippen LogP contribution >= 0.6 is 0 Å². The van der Waals surface area contributed by atoms with Crippen molar-refractivity contribution in [2.24, 2.45) is 0 Å². The summed E-state index contributed by atoms with van der Waals surface area (Å²) in [6.45, 7) is 4.31. The summed E-state index contributed by atoms with van der Waals surface area (Å²) in [7, 11) is 1.55. The van der Waals surface area contributed by atoms with Gasteiger partial charge in [-0.1, -0.05) is 23.4 Å². The third kappa shape index (κ3) is 4.51. The summed E-state index contributed by atoms with van der Waals surface area (Å²) in [5, 5.41) is 3.94. The molecule has 0 saturated carbocycles. The fraction of sp³-hybridized carbons (Fsp3) is 0.200. The van der Waals surface area contributed by atoms with E-state index in [-0.39, 0.29) is 5.91 Å². The molecule has 0 aliphatic heterocycles. The molecule has 0 atom stereocenters. The maximum atomic E-state index is 13.5. The molecule has 4 aromatic rings. The van der Waals surface area contributed by atoms with Crippen LogP contribution in [0.15, 0.2) is 75.9 Å². The zero-order valence-corrected chi connectivity index (χ0v) is 18.2. The quantitative estimate of drug-likeness (QED) is 0.375. The molecule has 2 heterocycles. The highest BCUT2D eigenvalue weighted by molar-refractivity contribution is 6.06. The fourth-order valence-corrected chi connectivity index (χ4v) is 3.38. The Hall–Kier alpha value is -4.00. The van der Waals surface area contributed by atoms with Gasteiger partial charge in [-0.2, -0.15) is 0 Å². The minimum absolute atomic E-state index is 0.178. The summed E-state index contributed by atoms with van der Waals surface area (Å²) in [5.74, 6) is 2.22. The van der Waals surface area contributed by atoms with Crippen LogP contribution < -0.4 is 14.4 Å². The molecule has 164 valence electrons. The highest BCUT2D eigenvalue weighted by atomic mass is 16.5. The van der Waals surface area contributed by atoms with Crippen LogP contribution in [0.2, 0.25) is 0 Å². The first-order valence-corrected chi connectivity index (χ1v) is 10.2. The van der Waals surface area contributed by atoms with Crippen molar-refractivity contribution in [3.8, 4) is 11.5 Å². The average molecular weight is 432 g/mol. The van der Waals surface area contributed by atoms with Crippen molar-refractivity contribution in [1.82, 2.24) is 5.16 Å². The van der Waals surface area contributed by atoms with Crippen LogP contribution in [0.1, 0.15) is 33.1 Å². The molecule has 0 aliphatic rings. The van der Waals surface area contributed by atoms with Crippen LogP contribution in [0.25, 0.3) is 0 Å². The van der Waals surface area contributed by atoms with Crippen molar-refractivity contribution >= 4 is 11.6 Å². The second-order valence-corrected chi connectivity index (χ2v) is 7.26. The van der Waals surface area contributed by atoms with Gasteiger partial charge in [-0.05, 0) is 56.3 Å². The van der Waals surface area contributed by atoms with E-state index in [9.17, 15) is 4.79 Å². The molecule has 0 spiro atoms. The molecule has 0 aliphatic carbocycles. The summed E-state index contributed by atoms with van der Waals surface area (Å²) in [5.41, 5.74) is 2.92. The minimum Gasteiger partial charge on any atom is -0.493 e. The van der Waals surface area contributed by atoms with Crippen molar-refractivity contribution in [1.29, 1.82) is 0 Å². The number of nitrogens with zero attached hydrogens (tertiary/aromatic N) is 2. The number of furan rings is 1. The summed E-state index contributed by atoms with van der Waals surface area (Å²) < 4.78 is 22.1. The summed E-state index contributed by atoms with van der Waals surface area (Å²) in [6, 6.07) is 18.3. The van der Waals surface area contributed by atoms with Gasteiger partial charge in [-0.25, -0.2) is 0 Å². The van der Waals surface area contributed by atoms with E-state index >= 15 is 0 Å². The fourth-order valence-electron chi connectivity index (χ4n) is 3.38. The van der Waals surface area contributed by atoms with Gasteiger partial charge < -0.3 is 23.3 Å². The molecular formula is C25H24N2O5. The van der Waals surface area contributed by atoms with Crippen molar-refractivity contribution in [2.45, 2.75) is 27.0 Å². The lowest BCUT2D eigenvalue weighted by Gasteiger charge is -2.22. The maximum Gasteiger partial charge on any atom is 0.258 e. The first-order chi connectivity index (χ1) is 15.6. The van der Waals surface area contributed by atoms with Crippen molar-refractivity contribution in [3.05, 3.63) is 95.3 Å². The summed E-state index contributed by atoms with van der Waals surface area (Å²) in [6.07, 6.45) is 1.59. The van der Waals surface area contributed by atoms with Crippen LogP contribution in [0.5, 0.6) is 11.5 Å². The van der Waals surface area contributed by atoms with Gasteiger partial charge in [0.15, 0.2) is 11.5 Å². The Morgan fingerprint density at radius 3 is 2.50 bits per heavy atom. The van der Waals surface area contributed by atoms with Gasteiger partial charge in [0, 0.05) is 11.3 Å². The van der Waals surface area contributed by atoms with E-state index in [2.05, 4.69) is 5.16 Å². The predicted octanol–water partition coefficient (Wildman–Crippen LogP) is 5.32. The molecule has 2 aromatic heterocycles. The van der Waals surface area contributed by atoms with Gasteiger partial charge in [-0.3, -0.25) is 4.79 Å². The first kappa shape index (κ1) is 21.2. The van der Waals surface area contributed by atoms with Crippen LogP contribution in [-0.4, -0.2) is 18.2 Å². The largest absolute Gasteiger partial charge is 0.493 e. The monoisotopic (exact) mass is 432 g/mol. The van der Waals surface area contributed by atoms with E-state index in [1.807, 2.05) is 50.2 Å². The van der Waals surface area contributed by atoms with E-state index in [4.69, 9.17) is 18.4 Å². The molecule has 7 nitrogen and oxygen atoms in total. The van der Waals surface area contributed by atoms with E-state index in [0.717, 1.165) is 16.9 Å². The first-order valence-electron chi connectivity index (χ1n) is 10.2. The molecule has 32 heavy (non-hydrogen) atoms. The van der Waals surface area contributed by atoms with Crippen molar-refractivity contribution < 1.29 is 23.2 Å². The van der Waals surface area contributed by atoms with E-state index in [1.54, 1.807) is 42.5 Å². The highest BCUT2D eigenvalue weighted by Gasteiger charge is 2.21. The second kappa shape index (κ2) is 9.43. The maximum absolute atomic E-state index is 13.5. The molecule has 0 bridgehead atoms. The summed E-state index contributed by atoms with van der Waals surface area (Å²) in [4.78, 5) is 15.1. The number of anilines is 1. The van der Waals surface area contributed by atoms with Gasteiger partial charge in [0.1, 0.15) is 18.1 Å². The smallest absolute Gasteiger partial charge is 0.258 e. The Bertz CT molecular complexity index is 1160. The Kier molecular flexibility index (Phi) is 6.26. The zero-order valence-electron chi connectivity index (χ0n) is 18.2. The molecule has 0 unspecified atom stereocenters. The van der Waals surface area contributed by atoms with E-state index in [0.29, 0.717) is 41.7 Å². The standard InChI is InChI=1S/C25H24N2O5/c1-17-22(18(2)32-26-17)16-31-23-12-11-19(14-24(23)29-3)25(28)27(15-21-10-7-13-30-21)20-8-5-4-6-9-20/h4-14H,15-16H2,1-3H3. The molecule has 0 N–H and O–H groups in total. The Balaban J connectivity index is 1.59. The number of benzene rings is 2. The lowest BCUT2D eigenvalue weighted by Crippen LogP contribution is -2.30. The van der Waals surface area contributed by atoms with Crippen LogP contribution in [0.3, 0.4) is 0 Å². The molecule has 7 heteroatoms. The van der Waals surface area contributed by atoms with Crippen LogP contribution in [0, 0.1) is 13.8 Å². The number of hydrogen-bond acceptors (Lipinski definition) is 6. The minimum atomic E-state index is -0.178. The predicted molar refractivity (Wildman–Crippen MR) is 119 cm³/mol. The third-order valence-corrected chi connectivity index (χ3v) is 5.17. The Labute approximate surface area is 186 Å². The third-order valence-electron chi connectivity index (χ3n) is 5.17. The molecule has 4 rings (SSSR count). The van der Waals surface area contributed by atoms with E-state index in [1.165, 1.54) is 0 Å². The van der Waals surface area contributed by atoms with Gasteiger partial charge >= 0.3 is 0 Å². The highest BCUT2D eigenvalue weighted by Crippen LogP contribution is 2.31. The van der Waals surface area contributed by atoms with Gasteiger partial charge in [0.05, 0.1) is 31.2 Å². The van der Waals surface area contributed by atoms with Gasteiger partial charge in [0.2, 0.25) is 0 Å². The lowest BCUT2D eigenvalue weighted by atomic mass is 10.1. The SMILES string of the molecule is COc1cc(C(=O)N(Cc2ccco2)c2ccccc2)ccc1OCc1c(C)noc1C. The molecular weight excluding hydrogens is 408 g/mol.